The number of aromatic nitrogens is 2. The molecule has 0 fully saturated rings. The van der Waals surface area contributed by atoms with E-state index in [0.29, 0.717) is 28.4 Å². The lowest BCUT2D eigenvalue weighted by Crippen LogP contribution is -2.23. The highest BCUT2D eigenvalue weighted by molar-refractivity contribution is 7.92. The summed E-state index contributed by atoms with van der Waals surface area (Å²) >= 11 is 0. The lowest BCUT2D eigenvalue weighted by atomic mass is 10.2. The van der Waals surface area contributed by atoms with E-state index in [9.17, 15) is 18.0 Å². The number of rotatable bonds is 8. The summed E-state index contributed by atoms with van der Waals surface area (Å²) in [5.74, 6) is 0.832. The highest BCUT2D eigenvalue weighted by atomic mass is 32.2. The van der Waals surface area contributed by atoms with Crippen LogP contribution in [0.5, 0.6) is 11.5 Å². The van der Waals surface area contributed by atoms with Crippen molar-refractivity contribution in [3.05, 3.63) is 131 Å². The van der Waals surface area contributed by atoms with Crippen LogP contribution in [0.25, 0.3) is 5.69 Å². The molecule has 0 aliphatic heterocycles. The van der Waals surface area contributed by atoms with Crippen LogP contribution in [0.4, 0.5) is 11.4 Å². The van der Waals surface area contributed by atoms with Gasteiger partial charge in [0.05, 0.1) is 16.3 Å². The van der Waals surface area contributed by atoms with Gasteiger partial charge in [-0.2, -0.15) is 0 Å². The number of nitrogens with one attached hydrogen (secondary N) is 2. The monoisotopic (exact) mass is 554 g/mol. The first-order valence-electron chi connectivity index (χ1n) is 12.3. The summed E-state index contributed by atoms with van der Waals surface area (Å²) in [7, 11) is -2.47. The Morgan fingerprint density at radius 2 is 1.43 bits per heavy atom. The molecule has 0 saturated carbocycles. The van der Waals surface area contributed by atoms with Gasteiger partial charge < -0.3 is 10.1 Å². The van der Waals surface area contributed by atoms with Crippen molar-refractivity contribution >= 4 is 27.3 Å². The Balaban J connectivity index is 1.33. The van der Waals surface area contributed by atoms with E-state index in [1.807, 2.05) is 36.4 Å². The van der Waals surface area contributed by atoms with Crippen molar-refractivity contribution in [3.8, 4) is 17.2 Å². The molecule has 0 aliphatic rings. The van der Waals surface area contributed by atoms with Crippen LogP contribution in [0.2, 0.25) is 0 Å². The Morgan fingerprint density at radius 3 is 2.10 bits per heavy atom. The molecule has 0 aliphatic carbocycles. The normalized spacial score (nSPS) is 11.2. The largest absolute Gasteiger partial charge is 0.457 e. The maximum absolute atomic E-state index is 13.3. The SMILES string of the molecule is Cc1c(NS(=O)(=O)c2cccc(NC(=O)c3ccc(Oc4ccccc4)cc3)c2)c(=O)n(-c2ccccc2)n1C. The molecule has 0 saturated heterocycles. The van der Waals surface area contributed by atoms with Gasteiger partial charge in [0.15, 0.2) is 0 Å². The topological polar surface area (TPSA) is 111 Å². The average molecular weight is 555 g/mol. The number of carbonyl (C=O) groups excluding carboxylic acids is 1. The van der Waals surface area contributed by atoms with Gasteiger partial charge in [-0.3, -0.25) is 19.0 Å². The van der Waals surface area contributed by atoms with Crippen molar-refractivity contribution in [2.45, 2.75) is 11.8 Å². The molecule has 9 nitrogen and oxygen atoms in total. The number of sulfonamides is 1. The summed E-state index contributed by atoms with van der Waals surface area (Å²) in [4.78, 5) is 25.9. The quantitative estimate of drug-likeness (QED) is 0.269. The lowest BCUT2D eigenvalue weighted by Gasteiger charge is -2.10. The highest BCUT2D eigenvalue weighted by Crippen LogP contribution is 2.23. The van der Waals surface area contributed by atoms with Crippen LogP contribution in [0.1, 0.15) is 16.1 Å². The fourth-order valence-electron chi connectivity index (χ4n) is 4.12. The van der Waals surface area contributed by atoms with Gasteiger partial charge in [-0.05, 0) is 73.7 Å². The van der Waals surface area contributed by atoms with Gasteiger partial charge in [-0.15, -0.1) is 0 Å². The first-order valence-corrected chi connectivity index (χ1v) is 13.8. The number of amides is 1. The molecule has 0 bridgehead atoms. The van der Waals surface area contributed by atoms with E-state index in [0.717, 1.165) is 0 Å². The molecule has 5 rings (SSSR count). The maximum Gasteiger partial charge on any atom is 0.296 e. The highest BCUT2D eigenvalue weighted by Gasteiger charge is 2.23. The number of nitrogens with zero attached hydrogens (tertiary/aromatic N) is 2. The van der Waals surface area contributed by atoms with Gasteiger partial charge in [0.25, 0.3) is 21.5 Å². The average Bonchev–Trinajstić information content (AvgIpc) is 3.17. The first-order chi connectivity index (χ1) is 19.2. The van der Waals surface area contributed by atoms with Crippen molar-refractivity contribution in [2.24, 2.45) is 7.05 Å². The molecule has 40 heavy (non-hydrogen) atoms. The van der Waals surface area contributed by atoms with Crippen molar-refractivity contribution < 1.29 is 17.9 Å². The van der Waals surface area contributed by atoms with Crippen LogP contribution in [-0.2, 0) is 17.1 Å². The van der Waals surface area contributed by atoms with Crippen LogP contribution in [0, 0.1) is 6.92 Å². The summed E-state index contributed by atoms with van der Waals surface area (Å²) in [6.45, 7) is 1.66. The zero-order chi connectivity index (χ0) is 28.3. The Hall–Kier alpha value is -5.09. The summed E-state index contributed by atoms with van der Waals surface area (Å²) in [5.41, 5.74) is 1.14. The molecular weight excluding hydrogens is 528 g/mol. The van der Waals surface area contributed by atoms with Gasteiger partial charge in [0.1, 0.15) is 17.2 Å². The lowest BCUT2D eigenvalue weighted by molar-refractivity contribution is 0.102. The molecule has 1 aromatic heterocycles. The Morgan fingerprint density at radius 1 is 0.800 bits per heavy atom. The Labute approximate surface area is 231 Å². The number of carbonyl (C=O) groups is 1. The molecule has 0 unspecified atom stereocenters. The molecule has 1 amide bonds. The summed E-state index contributed by atoms with van der Waals surface area (Å²) in [5, 5.41) is 2.72. The van der Waals surface area contributed by atoms with E-state index >= 15 is 0 Å². The fraction of sp³-hybridized carbons (Fsp3) is 0.0667. The van der Waals surface area contributed by atoms with Gasteiger partial charge >= 0.3 is 0 Å². The predicted octanol–water partition coefficient (Wildman–Crippen LogP) is 5.33. The summed E-state index contributed by atoms with van der Waals surface area (Å²) in [6, 6.07) is 30.6. The van der Waals surface area contributed by atoms with Gasteiger partial charge in [0.2, 0.25) is 0 Å². The third-order valence-corrected chi connectivity index (χ3v) is 7.64. The van der Waals surface area contributed by atoms with Crippen LogP contribution in [-0.4, -0.2) is 23.7 Å². The smallest absolute Gasteiger partial charge is 0.296 e. The Bertz CT molecular complexity index is 1830. The van der Waals surface area contributed by atoms with Crippen molar-refractivity contribution in [2.75, 3.05) is 10.0 Å². The number of benzene rings is 4. The zero-order valence-electron chi connectivity index (χ0n) is 21.7. The molecular formula is C30H26N4O5S. The second-order valence-corrected chi connectivity index (χ2v) is 10.6. The van der Waals surface area contributed by atoms with E-state index < -0.39 is 21.5 Å². The van der Waals surface area contributed by atoms with E-state index in [2.05, 4.69) is 10.0 Å². The summed E-state index contributed by atoms with van der Waals surface area (Å²) in [6.07, 6.45) is 0. The molecule has 202 valence electrons. The molecule has 1 heterocycles. The predicted molar refractivity (Wildman–Crippen MR) is 154 cm³/mol. The van der Waals surface area contributed by atoms with Crippen LogP contribution in [0.3, 0.4) is 0 Å². The number of hydrogen-bond acceptors (Lipinski definition) is 5. The molecule has 5 aromatic rings. The molecule has 0 radical (unpaired) electrons. The standard InChI is InChI=1S/C30H26N4O5S/c1-21-28(30(36)34(33(21)2)24-11-5-3-6-12-24)32-40(37,38)27-15-9-10-23(20-27)31-29(35)22-16-18-26(19-17-22)39-25-13-7-4-8-14-25/h3-20,32H,1-2H3,(H,31,35). The number of para-hydroxylation sites is 2. The fourth-order valence-corrected chi connectivity index (χ4v) is 5.28. The number of anilines is 2. The van der Waals surface area contributed by atoms with E-state index in [-0.39, 0.29) is 16.3 Å². The minimum atomic E-state index is -4.15. The van der Waals surface area contributed by atoms with E-state index in [1.54, 1.807) is 73.3 Å². The van der Waals surface area contributed by atoms with Crippen molar-refractivity contribution in [1.82, 2.24) is 9.36 Å². The molecule has 4 aromatic carbocycles. The number of hydrogen-bond donors (Lipinski definition) is 2. The second-order valence-electron chi connectivity index (χ2n) is 8.96. The number of ether oxygens (including phenoxy) is 1. The summed E-state index contributed by atoms with van der Waals surface area (Å²) < 4.78 is 37.7. The first kappa shape index (κ1) is 26.5. The second kappa shape index (κ2) is 11.0. The maximum atomic E-state index is 13.3. The van der Waals surface area contributed by atoms with Crippen molar-refractivity contribution in [3.63, 3.8) is 0 Å². The van der Waals surface area contributed by atoms with Crippen molar-refractivity contribution in [1.29, 1.82) is 0 Å². The van der Waals surface area contributed by atoms with Crippen LogP contribution < -0.4 is 20.3 Å². The molecule has 0 spiro atoms. The Kier molecular flexibility index (Phi) is 7.26. The molecule has 0 atom stereocenters. The van der Waals surface area contributed by atoms with Gasteiger partial charge in [-0.25, -0.2) is 13.1 Å². The third kappa shape index (κ3) is 5.52. The molecule has 10 heteroatoms. The third-order valence-electron chi connectivity index (χ3n) is 6.29. The van der Waals surface area contributed by atoms with Gasteiger partial charge in [0, 0.05) is 18.3 Å². The van der Waals surface area contributed by atoms with Crippen LogP contribution in [0.15, 0.2) is 119 Å². The zero-order valence-corrected chi connectivity index (χ0v) is 22.6. The van der Waals surface area contributed by atoms with Gasteiger partial charge in [-0.1, -0.05) is 42.5 Å². The van der Waals surface area contributed by atoms with E-state index in [4.69, 9.17) is 4.74 Å². The minimum absolute atomic E-state index is 0.0568. The minimum Gasteiger partial charge on any atom is -0.457 e. The molecule has 2 N–H and O–H groups in total. The van der Waals surface area contributed by atoms with E-state index in [1.165, 1.54) is 22.9 Å². The van der Waals surface area contributed by atoms with Crippen LogP contribution >= 0.6 is 0 Å².